The average Bonchev–Trinajstić information content (AvgIpc) is 3.15. The molecule has 178 valence electrons. The van der Waals surface area contributed by atoms with E-state index >= 15 is 0 Å². The summed E-state index contributed by atoms with van der Waals surface area (Å²) in [6.07, 6.45) is 3.97. The number of nitrogens with zero attached hydrogens (tertiary/aromatic N) is 2. The summed E-state index contributed by atoms with van der Waals surface area (Å²) in [6.45, 7) is 6.21. The van der Waals surface area contributed by atoms with Gasteiger partial charge in [0.1, 0.15) is 10.8 Å². The number of hydrogen-bond acceptors (Lipinski definition) is 6. The lowest BCUT2D eigenvalue weighted by Gasteiger charge is -2.34. The van der Waals surface area contributed by atoms with Crippen LogP contribution >= 0.6 is 22.9 Å². The SMILES string of the molecule is CCOC(=O)c1c(NC(=O)CN2CCN(Cc3ccc(F)c(Cl)c3)CC2)sc2c1CCCC2. The van der Waals surface area contributed by atoms with Crippen LogP contribution in [0.3, 0.4) is 0 Å². The summed E-state index contributed by atoms with van der Waals surface area (Å²) in [5.41, 5.74) is 2.57. The molecule has 1 fully saturated rings. The van der Waals surface area contributed by atoms with Crippen molar-refractivity contribution in [3.63, 3.8) is 0 Å². The fraction of sp³-hybridized carbons (Fsp3) is 0.500. The number of carbonyl (C=O) groups excluding carboxylic acids is 2. The lowest BCUT2D eigenvalue weighted by Crippen LogP contribution is -2.48. The van der Waals surface area contributed by atoms with Gasteiger partial charge in [0.05, 0.1) is 23.7 Å². The van der Waals surface area contributed by atoms with E-state index in [0.717, 1.165) is 63.0 Å². The molecule has 1 aliphatic carbocycles. The third-order valence-electron chi connectivity index (χ3n) is 6.13. The summed E-state index contributed by atoms with van der Waals surface area (Å²) in [7, 11) is 0. The Morgan fingerprint density at radius 1 is 1.15 bits per heavy atom. The molecule has 33 heavy (non-hydrogen) atoms. The number of anilines is 1. The lowest BCUT2D eigenvalue weighted by molar-refractivity contribution is -0.117. The summed E-state index contributed by atoms with van der Waals surface area (Å²) in [4.78, 5) is 31.0. The maximum absolute atomic E-state index is 13.4. The number of halogens is 2. The molecule has 6 nitrogen and oxygen atoms in total. The second-order valence-corrected chi connectivity index (χ2v) is 10.00. The van der Waals surface area contributed by atoms with Crippen LogP contribution in [0.1, 0.15) is 46.1 Å². The van der Waals surface area contributed by atoms with Gasteiger partial charge in [-0.2, -0.15) is 0 Å². The number of piperazine rings is 1. The monoisotopic (exact) mass is 493 g/mol. The Morgan fingerprint density at radius 3 is 2.61 bits per heavy atom. The van der Waals surface area contributed by atoms with Gasteiger partial charge in [-0.25, -0.2) is 9.18 Å². The van der Waals surface area contributed by atoms with E-state index in [1.807, 2.05) is 0 Å². The molecule has 0 unspecified atom stereocenters. The number of fused-ring (bicyclic) bond motifs is 1. The zero-order chi connectivity index (χ0) is 23.4. The van der Waals surface area contributed by atoms with Crippen LogP contribution < -0.4 is 5.32 Å². The standard InChI is InChI=1S/C24H29ClFN3O3S/c1-2-32-24(31)22-17-5-3-4-6-20(17)33-23(22)27-21(30)15-29-11-9-28(10-12-29)14-16-7-8-19(26)18(25)13-16/h7-8,13H,2-6,9-12,14-15H2,1H3,(H,27,30). The summed E-state index contributed by atoms with van der Waals surface area (Å²) < 4.78 is 18.6. The summed E-state index contributed by atoms with van der Waals surface area (Å²) in [6, 6.07) is 4.81. The molecule has 2 aliphatic rings. The molecule has 1 aromatic heterocycles. The second-order valence-electron chi connectivity index (χ2n) is 8.48. The van der Waals surface area contributed by atoms with Crippen molar-refractivity contribution in [3.05, 3.63) is 50.6 Å². The molecule has 0 spiro atoms. The van der Waals surface area contributed by atoms with E-state index in [-0.39, 0.29) is 23.4 Å². The van der Waals surface area contributed by atoms with Crippen molar-refractivity contribution in [2.45, 2.75) is 39.2 Å². The van der Waals surface area contributed by atoms with Gasteiger partial charge in [-0.1, -0.05) is 17.7 Å². The van der Waals surface area contributed by atoms with E-state index in [4.69, 9.17) is 16.3 Å². The van der Waals surface area contributed by atoms with Gasteiger partial charge in [0.25, 0.3) is 0 Å². The number of thiophene rings is 1. The van der Waals surface area contributed by atoms with E-state index in [1.165, 1.54) is 22.3 Å². The minimum Gasteiger partial charge on any atom is -0.462 e. The van der Waals surface area contributed by atoms with Crippen LogP contribution in [0.25, 0.3) is 0 Å². The molecule has 1 aromatic carbocycles. The number of amides is 1. The van der Waals surface area contributed by atoms with Gasteiger partial charge >= 0.3 is 5.97 Å². The Morgan fingerprint density at radius 2 is 1.88 bits per heavy atom. The van der Waals surface area contributed by atoms with Gasteiger partial charge < -0.3 is 10.1 Å². The molecule has 2 heterocycles. The highest BCUT2D eigenvalue weighted by molar-refractivity contribution is 7.17. The van der Waals surface area contributed by atoms with E-state index in [9.17, 15) is 14.0 Å². The van der Waals surface area contributed by atoms with Gasteiger partial charge in [-0.3, -0.25) is 14.6 Å². The predicted molar refractivity (Wildman–Crippen MR) is 129 cm³/mol. The lowest BCUT2D eigenvalue weighted by atomic mass is 9.95. The van der Waals surface area contributed by atoms with Gasteiger partial charge in [0, 0.05) is 37.6 Å². The van der Waals surface area contributed by atoms with Crippen LogP contribution in [0.5, 0.6) is 0 Å². The fourth-order valence-corrected chi connectivity index (χ4v) is 5.94. The van der Waals surface area contributed by atoms with Crippen LogP contribution in [0.2, 0.25) is 5.02 Å². The first kappa shape index (κ1) is 24.1. The molecule has 0 radical (unpaired) electrons. The number of benzene rings is 1. The highest BCUT2D eigenvalue weighted by atomic mass is 35.5. The highest BCUT2D eigenvalue weighted by Gasteiger charge is 2.28. The normalized spacial score (nSPS) is 16.9. The van der Waals surface area contributed by atoms with Crippen molar-refractivity contribution < 1.29 is 18.7 Å². The smallest absolute Gasteiger partial charge is 0.341 e. The van der Waals surface area contributed by atoms with Crippen LogP contribution in [0.15, 0.2) is 18.2 Å². The maximum atomic E-state index is 13.4. The average molecular weight is 494 g/mol. The molecule has 1 N–H and O–H groups in total. The van der Waals surface area contributed by atoms with Gasteiger partial charge in [-0.15, -0.1) is 11.3 Å². The summed E-state index contributed by atoms with van der Waals surface area (Å²) >= 11 is 7.40. The number of esters is 1. The number of ether oxygens (including phenoxy) is 1. The van der Waals surface area contributed by atoms with Crippen molar-refractivity contribution in [3.8, 4) is 0 Å². The van der Waals surface area contributed by atoms with Gasteiger partial charge in [0.2, 0.25) is 5.91 Å². The molecule has 0 bridgehead atoms. The number of nitrogens with one attached hydrogen (secondary N) is 1. The Hall–Kier alpha value is -2.00. The van der Waals surface area contributed by atoms with Gasteiger partial charge in [0.15, 0.2) is 0 Å². The van der Waals surface area contributed by atoms with E-state index in [1.54, 1.807) is 19.1 Å². The van der Waals surface area contributed by atoms with E-state index in [2.05, 4.69) is 15.1 Å². The predicted octanol–water partition coefficient (Wildman–Crippen LogP) is 4.35. The number of aryl methyl sites for hydroxylation is 1. The molecule has 2 aromatic rings. The Labute approximate surface area is 202 Å². The van der Waals surface area contributed by atoms with Crippen molar-refractivity contribution in [2.75, 3.05) is 44.6 Å². The first-order valence-corrected chi connectivity index (χ1v) is 12.6. The third-order valence-corrected chi connectivity index (χ3v) is 7.62. The minimum atomic E-state index is -0.408. The zero-order valence-corrected chi connectivity index (χ0v) is 20.4. The largest absolute Gasteiger partial charge is 0.462 e. The number of rotatable bonds is 7. The molecule has 1 amide bonds. The molecule has 1 saturated heterocycles. The Bertz CT molecular complexity index is 1020. The van der Waals surface area contributed by atoms with Crippen molar-refractivity contribution >= 4 is 39.8 Å². The molecule has 4 rings (SSSR count). The molecular formula is C24H29ClFN3O3S. The minimum absolute atomic E-state index is 0.113. The number of hydrogen-bond donors (Lipinski definition) is 1. The summed E-state index contributed by atoms with van der Waals surface area (Å²) in [5.74, 6) is -0.867. The van der Waals surface area contributed by atoms with Crippen LogP contribution in [-0.2, 0) is 28.9 Å². The van der Waals surface area contributed by atoms with Crippen LogP contribution in [-0.4, -0.2) is 61.0 Å². The Kier molecular flexibility index (Phi) is 8.01. The third kappa shape index (κ3) is 5.93. The first-order chi connectivity index (χ1) is 15.9. The van der Waals surface area contributed by atoms with E-state index < -0.39 is 5.82 Å². The van der Waals surface area contributed by atoms with E-state index in [0.29, 0.717) is 23.7 Å². The molecule has 0 saturated carbocycles. The Balaban J connectivity index is 1.32. The second kappa shape index (κ2) is 11.0. The molecular weight excluding hydrogens is 465 g/mol. The molecule has 1 aliphatic heterocycles. The van der Waals surface area contributed by atoms with Crippen molar-refractivity contribution in [2.24, 2.45) is 0 Å². The van der Waals surface area contributed by atoms with Gasteiger partial charge in [-0.05, 0) is 55.9 Å². The summed E-state index contributed by atoms with van der Waals surface area (Å²) in [5, 5.41) is 3.75. The van der Waals surface area contributed by atoms with Crippen LogP contribution in [0.4, 0.5) is 9.39 Å². The first-order valence-electron chi connectivity index (χ1n) is 11.4. The molecule has 0 atom stereocenters. The van der Waals surface area contributed by atoms with Crippen molar-refractivity contribution in [1.82, 2.24) is 9.80 Å². The highest BCUT2D eigenvalue weighted by Crippen LogP contribution is 2.38. The number of carbonyl (C=O) groups is 2. The fourth-order valence-electron chi connectivity index (χ4n) is 4.44. The quantitative estimate of drug-likeness (QED) is 0.581. The van der Waals surface area contributed by atoms with Crippen molar-refractivity contribution in [1.29, 1.82) is 0 Å². The van der Waals surface area contributed by atoms with Crippen LogP contribution in [0, 0.1) is 5.82 Å². The molecule has 9 heteroatoms. The maximum Gasteiger partial charge on any atom is 0.341 e. The zero-order valence-electron chi connectivity index (χ0n) is 18.8. The topological polar surface area (TPSA) is 61.9 Å².